The molecular weight excluding hydrogens is 437 g/mol. The zero-order valence-electron chi connectivity index (χ0n) is 16.8. The number of thiocarbonyl (C=S) groups is 1. The number of piperazine rings is 1. The highest BCUT2D eigenvalue weighted by molar-refractivity contribution is 7.80. The predicted octanol–water partition coefficient (Wildman–Crippen LogP) is 5.13. The standard InChI is InChI=1S/C21H22F5N3OS/c1-14-5-6-17(18(11-14)30-19(22)23)27-20(31)29-9-7-28(8-10-29)13-15-3-2-4-16(12-15)21(24,25)26/h2-6,11-12,19H,7-10,13H2,1H3,(H,27,31). The first kappa shape index (κ1) is 23.2. The number of rotatable bonds is 5. The molecule has 0 radical (unpaired) electrons. The van der Waals surface area contributed by atoms with E-state index in [2.05, 4.69) is 10.1 Å². The summed E-state index contributed by atoms with van der Waals surface area (Å²) in [5.41, 5.74) is 1.06. The summed E-state index contributed by atoms with van der Waals surface area (Å²) < 4.78 is 68.6. The summed E-state index contributed by atoms with van der Waals surface area (Å²) in [4.78, 5) is 3.94. The molecule has 168 valence electrons. The van der Waals surface area contributed by atoms with Crippen LogP contribution >= 0.6 is 12.2 Å². The first-order valence-electron chi connectivity index (χ1n) is 9.62. The van der Waals surface area contributed by atoms with Gasteiger partial charge in [-0.2, -0.15) is 22.0 Å². The van der Waals surface area contributed by atoms with Gasteiger partial charge in [0.15, 0.2) is 5.11 Å². The smallest absolute Gasteiger partial charge is 0.416 e. The summed E-state index contributed by atoms with van der Waals surface area (Å²) in [6, 6.07) is 10.2. The van der Waals surface area contributed by atoms with Gasteiger partial charge in [0.2, 0.25) is 0 Å². The van der Waals surface area contributed by atoms with Crippen LogP contribution in [0.15, 0.2) is 42.5 Å². The van der Waals surface area contributed by atoms with Gasteiger partial charge >= 0.3 is 12.8 Å². The Labute approximate surface area is 182 Å². The number of aryl methyl sites for hydroxylation is 1. The molecule has 0 atom stereocenters. The van der Waals surface area contributed by atoms with E-state index in [1.54, 1.807) is 25.1 Å². The minimum Gasteiger partial charge on any atom is -0.433 e. The molecule has 1 N–H and O–H groups in total. The van der Waals surface area contributed by atoms with Crippen molar-refractivity contribution in [2.75, 3.05) is 31.5 Å². The highest BCUT2D eigenvalue weighted by Gasteiger charge is 2.30. The summed E-state index contributed by atoms with van der Waals surface area (Å²) in [5, 5.41) is 3.33. The molecule has 1 saturated heterocycles. The fraction of sp³-hybridized carbons (Fsp3) is 0.381. The molecule has 0 bridgehead atoms. The lowest BCUT2D eigenvalue weighted by Gasteiger charge is -2.36. The molecule has 1 aliphatic heterocycles. The van der Waals surface area contributed by atoms with Gasteiger partial charge in [0.25, 0.3) is 0 Å². The molecule has 4 nitrogen and oxygen atoms in total. The zero-order chi connectivity index (χ0) is 22.6. The summed E-state index contributed by atoms with van der Waals surface area (Å²) in [7, 11) is 0. The zero-order valence-corrected chi connectivity index (χ0v) is 17.6. The van der Waals surface area contributed by atoms with Crippen LogP contribution < -0.4 is 10.1 Å². The molecule has 2 aromatic carbocycles. The number of anilines is 1. The number of ether oxygens (including phenoxy) is 1. The topological polar surface area (TPSA) is 27.7 Å². The average molecular weight is 459 g/mol. The van der Waals surface area contributed by atoms with E-state index in [0.717, 1.165) is 11.6 Å². The molecule has 0 amide bonds. The average Bonchev–Trinajstić information content (AvgIpc) is 2.70. The lowest BCUT2D eigenvalue weighted by atomic mass is 10.1. The lowest BCUT2D eigenvalue weighted by molar-refractivity contribution is -0.137. The number of hydrogen-bond donors (Lipinski definition) is 1. The van der Waals surface area contributed by atoms with Crippen LogP contribution in [0.5, 0.6) is 5.75 Å². The molecule has 1 aliphatic rings. The first-order valence-corrected chi connectivity index (χ1v) is 10.0. The number of benzene rings is 2. The van der Waals surface area contributed by atoms with Crippen molar-refractivity contribution in [3.63, 3.8) is 0 Å². The van der Waals surface area contributed by atoms with Crippen LogP contribution in [0.2, 0.25) is 0 Å². The van der Waals surface area contributed by atoms with E-state index in [0.29, 0.717) is 49.1 Å². The Bertz CT molecular complexity index is 914. The SMILES string of the molecule is Cc1ccc(NC(=S)N2CCN(Cc3cccc(C(F)(F)F)c3)CC2)c(OC(F)F)c1. The van der Waals surface area contributed by atoms with Gasteiger partial charge < -0.3 is 15.0 Å². The van der Waals surface area contributed by atoms with Gasteiger partial charge in [-0.25, -0.2) is 0 Å². The van der Waals surface area contributed by atoms with Crippen LogP contribution in [0.4, 0.5) is 27.6 Å². The van der Waals surface area contributed by atoms with Gasteiger partial charge in [-0.3, -0.25) is 4.90 Å². The second-order valence-electron chi connectivity index (χ2n) is 7.27. The molecule has 10 heteroatoms. The highest BCUT2D eigenvalue weighted by Crippen LogP contribution is 2.30. The van der Waals surface area contributed by atoms with Gasteiger partial charge in [-0.15, -0.1) is 0 Å². The second kappa shape index (κ2) is 9.78. The van der Waals surface area contributed by atoms with Crippen LogP contribution in [0.1, 0.15) is 16.7 Å². The van der Waals surface area contributed by atoms with Crippen molar-refractivity contribution in [2.45, 2.75) is 26.3 Å². The minimum absolute atomic E-state index is 0.0144. The third kappa shape index (κ3) is 6.51. The molecule has 31 heavy (non-hydrogen) atoms. The Morgan fingerprint density at radius 1 is 1.10 bits per heavy atom. The van der Waals surface area contributed by atoms with Gasteiger partial charge in [-0.05, 0) is 48.5 Å². The molecule has 3 rings (SSSR count). The molecule has 1 heterocycles. The summed E-state index contributed by atoms with van der Waals surface area (Å²) in [6.07, 6.45) is -4.37. The predicted molar refractivity (Wildman–Crippen MR) is 112 cm³/mol. The van der Waals surface area contributed by atoms with Crippen LogP contribution in [0, 0.1) is 6.92 Å². The van der Waals surface area contributed by atoms with Gasteiger partial charge in [0, 0.05) is 32.7 Å². The van der Waals surface area contributed by atoms with Crippen molar-refractivity contribution in [1.82, 2.24) is 9.80 Å². The van der Waals surface area contributed by atoms with Crippen molar-refractivity contribution < 1.29 is 26.7 Å². The van der Waals surface area contributed by atoms with Gasteiger partial charge in [-0.1, -0.05) is 24.3 Å². The fourth-order valence-electron chi connectivity index (χ4n) is 3.33. The van der Waals surface area contributed by atoms with E-state index in [1.165, 1.54) is 18.2 Å². The van der Waals surface area contributed by atoms with E-state index in [1.807, 2.05) is 9.80 Å². The van der Waals surface area contributed by atoms with Crippen molar-refractivity contribution in [2.24, 2.45) is 0 Å². The van der Waals surface area contributed by atoms with Gasteiger partial charge in [0.05, 0.1) is 11.3 Å². The Hall–Kier alpha value is -2.46. The summed E-state index contributed by atoms with van der Waals surface area (Å²) in [6.45, 7) is 1.55. The number of alkyl halides is 5. The Morgan fingerprint density at radius 2 is 1.81 bits per heavy atom. The van der Waals surface area contributed by atoms with E-state index in [4.69, 9.17) is 12.2 Å². The molecule has 0 aliphatic carbocycles. The van der Waals surface area contributed by atoms with E-state index >= 15 is 0 Å². The van der Waals surface area contributed by atoms with E-state index in [9.17, 15) is 22.0 Å². The van der Waals surface area contributed by atoms with E-state index in [-0.39, 0.29) is 5.75 Å². The Balaban J connectivity index is 1.56. The first-order chi connectivity index (χ1) is 14.6. The Kier molecular flexibility index (Phi) is 7.32. The maximum Gasteiger partial charge on any atom is 0.416 e. The molecular formula is C21H22F5N3OS. The van der Waals surface area contributed by atoms with Crippen molar-refractivity contribution >= 4 is 23.0 Å². The maximum atomic E-state index is 12.9. The van der Waals surface area contributed by atoms with Crippen LogP contribution in [0.3, 0.4) is 0 Å². The van der Waals surface area contributed by atoms with Crippen molar-refractivity contribution in [1.29, 1.82) is 0 Å². The largest absolute Gasteiger partial charge is 0.433 e. The van der Waals surface area contributed by atoms with E-state index < -0.39 is 18.4 Å². The normalized spacial score (nSPS) is 15.3. The maximum absolute atomic E-state index is 12.9. The van der Waals surface area contributed by atoms with Crippen LogP contribution in [-0.2, 0) is 12.7 Å². The summed E-state index contributed by atoms with van der Waals surface area (Å²) >= 11 is 5.42. The van der Waals surface area contributed by atoms with Gasteiger partial charge in [0.1, 0.15) is 5.75 Å². The van der Waals surface area contributed by atoms with Crippen LogP contribution in [-0.4, -0.2) is 47.7 Å². The Morgan fingerprint density at radius 3 is 2.45 bits per heavy atom. The quantitative estimate of drug-likeness (QED) is 0.494. The lowest BCUT2D eigenvalue weighted by Crippen LogP contribution is -2.49. The highest BCUT2D eigenvalue weighted by atomic mass is 32.1. The second-order valence-corrected chi connectivity index (χ2v) is 7.66. The van der Waals surface area contributed by atoms with Crippen molar-refractivity contribution in [3.8, 4) is 5.75 Å². The molecule has 0 unspecified atom stereocenters. The number of nitrogens with zero attached hydrogens (tertiary/aromatic N) is 2. The van der Waals surface area contributed by atoms with Crippen LogP contribution in [0.25, 0.3) is 0 Å². The molecule has 1 fully saturated rings. The third-order valence-corrected chi connectivity index (χ3v) is 5.28. The number of halogens is 5. The molecule has 2 aromatic rings. The number of nitrogens with one attached hydrogen (secondary N) is 1. The molecule has 0 aromatic heterocycles. The van der Waals surface area contributed by atoms with Crippen molar-refractivity contribution in [3.05, 3.63) is 59.2 Å². The minimum atomic E-state index is -4.37. The molecule has 0 saturated carbocycles. The molecule has 0 spiro atoms. The number of hydrogen-bond acceptors (Lipinski definition) is 3. The third-order valence-electron chi connectivity index (χ3n) is 4.91. The summed E-state index contributed by atoms with van der Waals surface area (Å²) in [5.74, 6) is 0.0144. The monoisotopic (exact) mass is 459 g/mol. The fourth-order valence-corrected chi connectivity index (χ4v) is 3.63.